The zero-order valence-electron chi connectivity index (χ0n) is 16.0. The van der Waals surface area contributed by atoms with Crippen LogP contribution in [-0.4, -0.2) is 30.1 Å². The fourth-order valence-electron chi connectivity index (χ4n) is 3.19. The van der Waals surface area contributed by atoms with Gasteiger partial charge in [0.05, 0.1) is 17.9 Å². The van der Waals surface area contributed by atoms with Gasteiger partial charge in [-0.05, 0) is 38.0 Å². The second-order valence-corrected chi connectivity index (χ2v) is 6.79. The Labute approximate surface area is 159 Å². The molecule has 1 aliphatic heterocycles. The molecule has 0 aromatic heterocycles. The summed E-state index contributed by atoms with van der Waals surface area (Å²) >= 11 is 0. The van der Waals surface area contributed by atoms with Crippen molar-refractivity contribution in [2.24, 2.45) is 5.10 Å². The average molecular weight is 364 g/mol. The highest BCUT2D eigenvalue weighted by atomic mass is 16.2. The highest BCUT2D eigenvalue weighted by Crippen LogP contribution is 2.28. The molecule has 0 radical (unpaired) electrons. The highest BCUT2D eigenvalue weighted by Gasteiger charge is 2.27. The van der Waals surface area contributed by atoms with Crippen molar-refractivity contribution in [1.82, 2.24) is 5.43 Å². The standard InChI is InChI=1S/C21H24N4O2/c1-13-8-7-9-14(2)20(13)22-15(3)21(27)24-23-18-12-25(16(4)26)19-11-6-5-10-17(18)19/h5-11,15,22H,12H2,1-4H3,(H,24,27)/t15-/m1/s1. The van der Waals surface area contributed by atoms with Gasteiger partial charge in [0.2, 0.25) is 5.91 Å². The number of hydrazone groups is 1. The molecule has 1 aliphatic rings. The van der Waals surface area contributed by atoms with Crippen molar-refractivity contribution in [2.45, 2.75) is 33.7 Å². The predicted octanol–water partition coefficient (Wildman–Crippen LogP) is 2.99. The van der Waals surface area contributed by atoms with Crippen LogP contribution in [0.2, 0.25) is 0 Å². The third-order valence-corrected chi connectivity index (χ3v) is 4.73. The first-order valence-corrected chi connectivity index (χ1v) is 8.95. The van der Waals surface area contributed by atoms with E-state index in [9.17, 15) is 9.59 Å². The largest absolute Gasteiger partial charge is 0.373 e. The van der Waals surface area contributed by atoms with Crippen LogP contribution in [0, 0.1) is 13.8 Å². The zero-order chi connectivity index (χ0) is 19.6. The summed E-state index contributed by atoms with van der Waals surface area (Å²) in [6, 6.07) is 13.1. The molecule has 2 aromatic carbocycles. The molecule has 2 aromatic rings. The molecule has 2 N–H and O–H groups in total. The summed E-state index contributed by atoms with van der Waals surface area (Å²) in [5, 5.41) is 7.54. The molecule has 1 heterocycles. The Morgan fingerprint density at radius 1 is 1.07 bits per heavy atom. The lowest BCUT2D eigenvalue weighted by Crippen LogP contribution is -2.36. The molecule has 0 saturated heterocycles. The van der Waals surface area contributed by atoms with E-state index in [-0.39, 0.29) is 11.8 Å². The number of fused-ring (bicyclic) bond motifs is 1. The van der Waals surface area contributed by atoms with Crippen LogP contribution in [0.25, 0.3) is 0 Å². The minimum Gasteiger partial charge on any atom is -0.373 e. The smallest absolute Gasteiger partial charge is 0.262 e. The number of nitrogens with one attached hydrogen (secondary N) is 2. The molecular weight excluding hydrogens is 340 g/mol. The molecule has 3 rings (SSSR count). The summed E-state index contributed by atoms with van der Waals surface area (Å²) in [5.74, 6) is -0.284. The summed E-state index contributed by atoms with van der Waals surface area (Å²) < 4.78 is 0. The molecule has 0 saturated carbocycles. The van der Waals surface area contributed by atoms with E-state index in [0.717, 1.165) is 28.1 Å². The van der Waals surface area contributed by atoms with Gasteiger partial charge in [-0.15, -0.1) is 0 Å². The van der Waals surface area contributed by atoms with Crippen molar-refractivity contribution in [1.29, 1.82) is 0 Å². The number of anilines is 2. The summed E-state index contributed by atoms with van der Waals surface area (Å²) in [5.41, 5.74) is 8.12. The Morgan fingerprint density at radius 2 is 1.74 bits per heavy atom. The third kappa shape index (κ3) is 3.84. The number of amides is 2. The summed E-state index contributed by atoms with van der Waals surface area (Å²) in [6.07, 6.45) is 0. The maximum absolute atomic E-state index is 12.5. The van der Waals surface area contributed by atoms with Crippen LogP contribution in [0.5, 0.6) is 0 Å². The lowest BCUT2D eigenvalue weighted by atomic mass is 10.1. The van der Waals surface area contributed by atoms with Crippen molar-refractivity contribution in [3.63, 3.8) is 0 Å². The summed E-state index contributed by atoms with van der Waals surface area (Å²) in [4.78, 5) is 26.0. The van der Waals surface area contributed by atoms with Gasteiger partial charge in [-0.25, -0.2) is 5.43 Å². The van der Waals surface area contributed by atoms with Crippen LogP contribution >= 0.6 is 0 Å². The van der Waals surface area contributed by atoms with Crippen LogP contribution < -0.4 is 15.6 Å². The maximum Gasteiger partial charge on any atom is 0.262 e. The summed E-state index contributed by atoms with van der Waals surface area (Å²) in [6.45, 7) is 7.69. The van der Waals surface area contributed by atoms with Crippen LogP contribution in [-0.2, 0) is 9.59 Å². The second kappa shape index (κ2) is 7.61. The minimum atomic E-state index is -0.449. The van der Waals surface area contributed by atoms with Crippen molar-refractivity contribution >= 4 is 28.9 Å². The van der Waals surface area contributed by atoms with Gasteiger partial charge >= 0.3 is 0 Å². The second-order valence-electron chi connectivity index (χ2n) is 6.79. The summed E-state index contributed by atoms with van der Waals surface area (Å²) in [7, 11) is 0. The Morgan fingerprint density at radius 3 is 2.41 bits per heavy atom. The number of aryl methyl sites for hydroxylation is 2. The van der Waals surface area contributed by atoms with Crippen LogP contribution in [0.4, 0.5) is 11.4 Å². The normalized spacial score (nSPS) is 15.4. The maximum atomic E-state index is 12.5. The Balaban J connectivity index is 1.72. The molecule has 0 unspecified atom stereocenters. The predicted molar refractivity (Wildman–Crippen MR) is 108 cm³/mol. The minimum absolute atomic E-state index is 0.0518. The van der Waals surface area contributed by atoms with Gasteiger partial charge in [0.15, 0.2) is 0 Å². The lowest BCUT2D eigenvalue weighted by Gasteiger charge is -2.17. The van der Waals surface area contributed by atoms with Gasteiger partial charge in [-0.1, -0.05) is 36.4 Å². The molecule has 140 valence electrons. The van der Waals surface area contributed by atoms with E-state index in [4.69, 9.17) is 0 Å². The monoisotopic (exact) mass is 364 g/mol. The van der Waals surface area contributed by atoms with Gasteiger partial charge in [0.1, 0.15) is 6.04 Å². The van der Waals surface area contributed by atoms with E-state index in [1.165, 1.54) is 6.92 Å². The molecule has 6 nitrogen and oxygen atoms in total. The van der Waals surface area contributed by atoms with Gasteiger partial charge in [0.25, 0.3) is 5.91 Å². The van der Waals surface area contributed by atoms with Gasteiger partial charge in [-0.3, -0.25) is 9.59 Å². The molecule has 0 aliphatic carbocycles. The number of carbonyl (C=O) groups is 2. The van der Waals surface area contributed by atoms with Crippen LogP contribution in [0.15, 0.2) is 47.6 Å². The fourth-order valence-corrected chi connectivity index (χ4v) is 3.19. The van der Waals surface area contributed by atoms with Gasteiger partial charge in [-0.2, -0.15) is 5.10 Å². The third-order valence-electron chi connectivity index (χ3n) is 4.73. The van der Waals surface area contributed by atoms with Gasteiger partial charge < -0.3 is 10.2 Å². The molecule has 0 bridgehead atoms. The number of benzene rings is 2. The molecule has 0 fully saturated rings. The van der Waals surface area contributed by atoms with E-state index >= 15 is 0 Å². The topological polar surface area (TPSA) is 73.8 Å². The van der Waals surface area contributed by atoms with Crippen molar-refractivity contribution < 1.29 is 9.59 Å². The van der Waals surface area contributed by atoms with Crippen LogP contribution in [0.1, 0.15) is 30.5 Å². The SMILES string of the molecule is CC(=O)N1CC(=NNC(=O)[C@@H](C)Nc2c(C)cccc2C)c2ccccc21. The fraction of sp³-hybridized carbons (Fsp3) is 0.286. The van der Waals surface area contributed by atoms with E-state index in [1.54, 1.807) is 11.8 Å². The first-order valence-electron chi connectivity index (χ1n) is 8.95. The van der Waals surface area contributed by atoms with Crippen molar-refractivity contribution in [3.05, 3.63) is 59.2 Å². The molecular formula is C21H24N4O2. The first kappa shape index (κ1) is 18.6. The Kier molecular flexibility index (Phi) is 5.26. The number of para-hydroxylation sites is 2. The molecule has 0 spiro atoms. The van der Waals surface area contributed by atoms with E-state index in [2.05, 4.69) is 15.8 Å². The van der Waals surface area contributed by atoms with E-state index < -0.39 is 6.04 Å². The van der Waals surface area contributed by atoms with Crippen molar-refractivity contribution in [2.75, 3.05) is 16.8 Å². The van der Waals surface area contributed by atoms with E-state index in [0.29, 0.717) is 12.3 Å². The van der Waals surface area contributed by atoms with E-state index in [1.807, 2.05) is 56.3 Å². The lowest BCUT2D eigenvalue weighted by molar-refractivity contribution is -0.121. The molecule has 6 heteroatoms. The Bertz CT molecular complexity index is 900. The first-order chi connectivity index (χ1) is 12.9. The Hall–Kier alpha value is -3.15. The number of nitrogens with zero attached hydrogens (tertiary/aromatic N) is 2. The molecule has 2 amide bonds. The van der Waals surface area contributed by atoms with Crippen LogP contribution in [0.3, 0.4) is 0 Å². The number of rotatable bonds is 4. The molecule has 1 atom stereocenters. The van der Waals surface area contributed by atoms with Gasteiger partial charge in [0, 0.05) is 18.2 Å². The number of hydrogen-bond donors (Lipinski definition) is 2. The van der Waals surface area contributed by atoms with Crippen molar-refractivity contribution in [3.8, 4) is 0 Å². The number of hydrogen-bond acceptors (Lipinski definition) is 4. The highest BCUT2D eigenvalue weighted by molar-refractivity contribution is 6.17. The zero-order valence-corrected chi connectivity index (χ0v) is 16.0. The average Bonchev–Trinajstić information content (AvgIpc) is 3.02. The molecule has 27 heavy (non-hydrogen) atoms. The number of carbonyl (C=O) groups excluding carboxylic acids is 2. The quantitative estimate of drug-likeness (QED) is 0.819.